The maximum Gasteiger partial charge on any atom is 0.261 e. The topological polar surface area (TPSA) is 58.2 Å². The summed E-state index contributed by atoms with van der Waals surface area (Å²) in [6.07, 6.45) is 1.87. The van der Waals surface area contributed by atoms with Gasteiger partial charge in [-0.05, 0) is 61.1 Å². The van der Waals surface area contributed by atoms with E-state index in [1.54, 1.807) is 0 Å². The number of nitrogens with one attached hydrogen (secondary N) is 1. The summed E-state index contributed by atoms with van der Waals surface area (Å²) in [5.41, 5.74) is 3.89. The molecule has 0 saturated carbocycles. The van der Waals surface area contributed by atoms with Gasteiger partial charge in [-0.1, -0.05) is 37.6 Å². The zero-order valence-corrected chi connectivity index (χ0v) is 17.8. The molecule has 0 radical (unpaired) electrons. The van der Waals surface area contributed by atoms with Crippen molar-refractivity contribution in [3.63, 3.8) is 0 Å². The van der Waals surface area contributed by atoms with Gasteiger partial charge in [-0.25, -0.2) is 4.98 Å². The highest BCUT2D eigenvalue weighted by molar-refractivity contribution is 6.31. The number of likely N-dealkylation sites (tertiary alicyclic amines) is 1. The van der Waals surface area contributed by atoms with Crippen LogP contribution >= 0.6 is 11.6 Å². The number of carbonyl (C=O) groups is 1. The number of H-pyrrole nitrogens is 1. The van der Waals surface area contributed by atoms with Crippen molar-refractivity contribution in [3.05, 3.63) is 58.4 Å². The molecule has 0 spiro atoms. The molecule has 0 unspecified atom stereocenters. The van der Waals surface area contributed by atoms with E-state index in [-0.39, 0.29) is 24.5 Å². The van der Waals surface area contributed by atoms with E-state index in [1.165, 1.54) is 0 Å². The van der Waals surface area contributed by atoms with Gasteiger partial charge >= 0.3 is 0 Å². The number of nitrogens with zero attached hydrogens (tertiary/aromatic N) is 2. The molecule has 6 heteroatoms. The lowest BCUT2D eigenvalue weighted by Gasteiger charge is -2.24. The number of amides is 1. The van der Waals surface area contributed by atoms with E-state index in [9.17, 15) is 4.79 Å². The van der Waals surface area contributed by atoms with Gasteiger partial charge in [0.15, 0.2) is 6.61 Å². The summed E-state index contributed by atoms with van der Waals surface area (Å²) in [6, 6.07) is 11.8. The van der Waals surface area contributed by atoms with Crippen LogP contribution in [0.3, 0.4) is 0 Å². The van der Waals surface area contributed by atoms with Crippen LogP contribution in [0.1, 0.15) is 55.6 Å². The molecule has 0 bridgehead atoms. The molecule has 29 heavy (non-hydrogen) atoms. The normalized spacial score (nSPS) is 16.7. The number of aromatic amines is 1. The van der Waals surface area contributed by atoms with Gasteiger partial charge in [0.05, 0.1) is 17.1 Å². The number of fused-ring (bicyclic) bond motifs is 1. The molecule has 1 aromatic heterocycles. The maximum absolute atomic E-state index is 13.0. The van der Waals surface area contributed by atoms with E-state index in [1.807, 2.05) is 48.2 Å². The van der Waals surface area contributed by atoms with Crippen LogP contribution in [0, 0.1) is 6.92 Å². The minimum atomic E-state index is -0.0324. The number of hydrogen-bond acceptors (Lipinski definition) is 3. The Labute approximate surface area is 176 Å². The van der Waals surface area contributed by atoms with Crippen LogP contribution < -0.4 is 4.74 Å². The molecule has 152 valence electrons. The average molecular weight is 412 g/mol. The fourth-order valence-corrected chi connectivity index (χ4v) is 4.12. The van der Waals surface area contributed by atoms with E-state index in [2.05, 4.69) is 18.8 Å². The smallest absolute Gasteiger partial charge is 0.261 e. The van der Waals surface area contributed by atoms with Crippen LogP contribution in [-0.4, -0.2) is 33.9 Å². The van der Waals surface area contributed by atoms with Crippen molar-refractivity contribution in [2.24, 2.45) is 0 Å². The predicted molar refractivity (Wildman–Crippen MR) is 116 cm³/mol. The molecule has 1 fully saturated rings. The monoisotopic (exact) mass is 411 g/mol. The predicted octanol–water partition coefficient (Wildman–Crippen LogP) is 5.39. The molecule has 5 nitrogen and oxygen atoms in total. The molecule has 2 aromatic carbocycles. The minimum Gasteiger partial charge on any atom is -0.483 e. The van der Waals surface area contributed by atoms with Gasteiger partial charge in [0.1, 0.15) is 11.6 Å². The second-order valence-electron chi connectivity index (χ2n) is 7.97. The number of aryl methyl sites for hydroxylation is 1. The molecular weight excluding hydrogens is 386 g/mol. The number of ether oxygens (including phenoxy) is 1. The number of hydrogen-bond donors (Lipinski definition) is 1. The largest absolute Gasteiger partial charge is 0.483 e. The first-order valence-electron chi connectivity index (χ1n) is 10.1. The third kappa shape index (κ3) is 3.97. The maximum atomic E-state index is 13.0. The van der Waals surface area contributed by atoms with Crippen LogP contribution in [0.4, 0.5) is 0 Å². The summed E-state index contributed by atoms with van der Waals surface area (Å²) in [5.74, 6) is 1.82. The lowest BCUT2D eigenvalue weighted by molar-refractivity contribution is -0.134. The number of carbonyl (C=O) groups excluding carboxylic acids is 1. The Balaban J connectivity index is 1.50. The third-order valence-corrected chi connectivity index (χ3v) is 5.97. The van der Waals surface area contributed by atoms with Gasteiger partial charge < -0.3 is 14.6 Å². The quantitative estimate of drug-likeness (QED) is 0.612. The fourth-order valence-electron chi connectivity index (χ4n) is 3.95. The highest BCUT2D eigenvalue weighted by Gasteiger charge is 2.32. The second kappa shape index (κ2) is 8.07. The van der Waals surface area contributed by atoms with Gasteiger partial charge in [-0.3, -0.25) is 4.79 Å². The molecule has 1 atom stereocenters. The van der Waals surface area contributed by atoms with E-state index >= 15 is 0 Å². The van der Waals surface area contributed by atoms with Crippen LogP contribution in [0.15, 0.2) is 36.4 Å². The molecular formula is C23H26ClN3O2. The van der Waals surface area contributed by atoms with Gasteiger partial charge in [0.25, 0.3) is 5.91 Å². The van der Waals surface area contributed by atoms with Gasteiger partial charge in [-0.15, -0.1) is 0 Å². The zero-order valence-electron chi connectivity index (χ0n) is 17.0. The number of halogens is 1. The zero-order chi connectivity index (χ0) is 20.5. The Bertz CT molecular complexity index is 1010. The number of para-hydroxylation sites is 2. The number of benzene rings is 2. The summed E-state index contributed by atoms with van der Waals surface area (Å²) in [6.45, 7) is 6.86. The molecule has 2 heterocycles. The lowest BCUT2D eigenvalue weighted by Crippen LogP contribution is -2.35. The van der Waals surface area contributed by atoms with Crippen LogP contribution in [0.25, 0.3) is 11.0 Å². The summed E-state index contributed by atoms with van der Waals surface area (Å²) < 4.78 is 5.97. The average Bonchev–Trinajstić information content (AvgIpc) is 3.34. The Morgan fingerprint density at radius 1 is 1.34 bits per heavy atom. The molecule has 1 N–H and O–H groups in total. The summed E-state index contributed by atoms with van der Waals surface area (Å²) in [4.78, 5) is 22.9. The number of imidazole rings is 1. The molecule has 1 aliphatic rings. The first-order chi connectivity index (χ1) is 13.9. The van der Waals surface area contributed by atoms with Gasteiger partial charge in [0.2, 0.25) is 0 Å². The highest BCUT2D eigenvalue weighted by Crippen LogP contribution is 2.34. The Hall–Kier alpha value is -2.53. The van der Waals surface area contributed by atoms with Crippen LogP contribution in [0.2, 0.25) is 5.02 Å². The Kier molecular flexibility index (Phi) is 5.50. The lowest BCUT2D eigenvalue weighted by atomic mass is 10.0. The molecule has 1 saturated heterocycles. The fraction of sp³-hybridized carbons (Fsp3) is 0.391. The van der Waals surface area contributed by atoms with E-state index in [0.29, 0.717) is 0 Å². The molecule has 1 aliphatic heterocycles. The van der Waals surface area contributed by atoms with Crippen molar-refractivity contribution in [2.45, 2.75) is 45.6 Å². The van der Waals surface area contributed by atoms with Gasteiger partial charge in [-0.2, -0.15) is 0 Å². The van der Waals surface area contributed by atoms with E-state index < -0.39 is 0 Å². The molecule has 0 aliphatic carbocycles. The number of rotatable bonds is 5. The van der Waals surface area contributed by atoms with E-state index in [0.717, 1.165) is 58.1 Å². The second-order valence-corrected chi connectivity index (χ2v) is 8.37. The summed E-state index contributed by atoms with van der Waals surface area (Å²) in [7, 11) is 0. The summed E-state index contributed by atoms with van der Waals surface area (Å²) in [5, 5.41) is 0.719. The first kappa shape index (κ1) is 19.8. The standard InChI is InChI=1S/C23H26ClN3O2/c1-14(2)16-12-17(24)15(3)11-21(16)29-13-22(28)27-10-6-9-20(27)23-25-18-7-4-5-8-19(18)26-23/h4-5,7-8,11-12,14,20H,6,9-10,13H2,1-3H3,(H,25,26)/t20-/m0/s1. The first-order valence-corrected chi connectivity index (χ1v) is 10.5. The van der Waals surface area contributed by atoms with Gasteiger partial charge in [0, 0.05) is 11.6 Å². The Morgan fingerprint density at radius 3 is 2.90 bits per heavy atom. The highest BCUT2D eigenvalue weighted by atomic mass is 35.5. The SMILES string of the molecule is Cc1cc(OCC(=O)N2CCC[C@H]2c2nc3ccccc3[nH]2)c(C(C)C)cc1Cl. The molecule has 4 rings (SSSR count). The Morgan fingerprint density at radius 2 is 2.14 bits per heavy atom. The van der Waals surface area contributed by atoms with Crippen molar-refractivity contribution in [3.8, 4) is 5.75 Å². The number of aromatic nitrogens is 2. The molecule has 1 amide bonds. The van der Waals surface area contributed by atoms with Crippen molar-refractivity contribution >= 4 is 28.5 Å². The van der Waals surface area contributed by atoms with Crippen molar-refractivity contribution in [2.75, 3.05) is 13.2 Å². The van der Waals surface area contributed by atoms with Crippen LogP contribution in [-0.2, 0) is 4.79 Å². The third-order valence-electron chi connectivity index (χ3n) is 5.56. The van der Waals surface area contributed by atoms with Crippen molar-refractivity contribution in [1.82, 2.24) is 14.9 Å². The van der Waals surface area contributed by atoms with Crippen molar-refractivity contribution < 1.29 is 9.53 Å². The summed E-state index contributed by atoms with van der Waals surface area (Å²) >= 11 is 6.28. The van der Waals surface area contributed by atoms with E-state index in [4.69, 9.17) is 21.3 Å². The molecule has 3 aromatic rings. The van der Waals surface area contributed by atoms with Crippen LogP contribution in [0.5, 0.6) is 5.75 Å². The van der Waals surface area contributed by atoms with Crippen molar-refractivity contribution in [1.29, 1.82) is 0 Å². The minimum absolute atomic E-state index is 0.0114.